The van der Waals surface area contributed by atoms with Crippen LogP contribution in [0.15, 0.2) is 59.9 Å². The molecule has 22 heavy (non-hydrogen) atoms. The SMILES string of the molecule is C#CC1C=CC=C/C1=C(/C=C\C)C1CCC(CC(=C)N)CC1. The molecule has 1 nitrogen and oxygen atoms in total. The van der Waals surface area contributed by atoms with Crippen molar-refractivity contribution < 1.29 is 0 Å². The minimum absolute atomic E-state index is 0.109. The number of hydrogen-bond acceptors (Lipinski definition) is 1. The summed E-state index contributed by atoms with van der Waals surface area (Å²) in [6.07, 6.45) is 24.4. The van der Waals surface area contributed by atoms with E-state index >= 15 is 0 Å². The first-order valence-electron chi connectivity index (χ1n) is 8.26. The van der Waals surface area contributed by atoms with Gasteiger partial charge in [0.25, 0.3) is 0 Å². The highest BCUT2D eigenvalue weighted by Gasteiger charge is 2.25. The van der Waals surface area contributed by atoms with Crippen LogP contribution in [0.2, 0.25) is 0 Å². The van der Waals surface area contributed by atoms with Gasteiger partial charge in [-0.05, 0) is 62.0 Å². The zero-order valence-corrected chi connectivity index (χ0v) is 13.6. The summed E-state index contributed by atoms with van der Waals surface area (Å²) in [5.41, 5.74) is 9.31. The van der Waals surface area contributed by atoms with Crippen LogP contribution in [0.3, 0.4) is 0 Å². The molecule has 2 aliphatic rings. The Morgan fingerprint density at radius 1 is 1.36 bits per heavy atom. The molecule has 116 valence electrons. The van der Waals surface area contributed by atoms with Gasteiger partial charge in [-0.25, -0.2) is 0 Å². The van der Waals surface area contributed by atoms with Crippen LogP contribution in [-0.4, -0.2) is 0 Å². The monoisotopic (exact) mass is 293 g/mol. The van der Waals surface area contributed by atoms with Crippen LogP contribution in [0, 0.1) is 30.1 Å². The van der Waals surface area contributed by atoms with E-state index in [-0.39, 0.29) is 5.92 Å². The number of allylic oxidation sites excluding steroid dienone is 9. The van der Waals surface area contributed by atoms with Gasteiger partial charge in [-0.3, -0.25) is 0 Å². The maximum Gasteiger partial charge on any atom is 0.0635 e. The van der Waals surface area contributed by atoms with Crippen molar-refractivity contribution in [2.75, 3.05) is 0 Å². The molecule has 1 fully saturated rings. The number of rotatable bonds is 4. The van der Waals surface area contributed by atoms with Gasteiger partial charge in [-0.2, -0.15) is 0 Å². The molecule has 2 aliphatic carbocycles. The molecule has 1 unspecified atom stereocenters. The second kappa shape index (κ2) is 7.90. The zero-order chi connectivity index (χ0) is 15.9. The van der Waals surface area contributed by atoms with Crippen LogP contribution >= 0.6 is 0 Å². The Kier molecular flexibility index (Phi) is 5.90. The molecule has 0 saturated heterocycles. The van der Waals surface area contributed by atoms with Crippen molar-refractivity contribution in [1.82, 2.24) is 0 Å². The highest BCUT2D eigenvalue weighted by molar-refractivity contribution is 5.45. The van der Waals surface area contributed by atoms with Gasteiger partial charge in [0.05, 0.1) is 5.92 Å². The first-order chi connectivity index (χ1) is 10.7. The van der Waals surface area contributed by atoms with Crippen molar-refractivity contribution in [3.8, 4) is 12.3 Å². The summed E-state index contributed by atoms with van der Waals surface area (Å²) < 4.78 is 0. The predicted molar refractivity (Wildman–Crippen MR) is 95.8 cm³/mol. The lowest BCUT2D eigenvalue weighted by molar-refractivity contribution is 0.301. The summed E-state index contributed by atoms with van der Waals surface area (Å²) in [7, 11) is 0. The Morgan fingerprint density at radius 3 is 2.68 bits per heavy atom. The van der Waals surface area contributed by atoms with Crippen molar-refractivity contribution in [1.29, 1.82) is 0 Å². The molecule has 0 aromatic rings. The maximum atomic E-state index is 5.76. The molecule has 0 heterocycles. The molecule has 0 aromatic carbocycles. The minimum Gasteiger partial charge on any atom is -0.403 e. The van der Waals surface area contributed by atoms with Gasteiger partial charge in [-0.15, -0.1) is 6.42 Å². The number of nitrogens with two attached hydrogens (primary N) is 1. The Bertz CT molecular complexity index is 557. The second-order valence-electron chi connectivity index (χ2n) is 6.38. The molecule has 0 aromatic heterocycles. The summed E-state index contributed by atoms with van der Waals surface area (Å²) in [5, 5.41) is 0. The second-order valence-corrected chi connectivity index (χ2v) is 6.38. The Labute approximate surface area is 135 Å². The summed E-state index contributed by atoms with van der Waals surface area (Å²) in [6.45, 7) is 5.93. The van der Waals surface area contributed by atoms with Crippen LogP contribution in [0.4, 0.5) is 0 Å². The normalized spacial score (nSPS) is 30.3. The van der Waals surface area contributed by atoms with Gasteiger partial charge in [0.15, 0.2) is 0 Å². The van der Waals surface area contributed by atoms with Crippen LogP contribution in [0.1, 0.15) is 39.0 Å². The number of terminal acetylenes is 1. The van der Waals surface area contributed by atoms with Crippen molar-refractivity contribution in [3.63, 3.8) is 0 Å². The van der Waals surface area contributed by atoms with E-state index in [0.717, 1.165) is 12.1 Å². The van der Waals surface area contributed by atoms with Crippen molar-refractivity contribution >= 4 is 0 Å². The van der Waals surface area contributed by atoms with Crippen LogP contribution in [0.25, 0.3) is 0 Å². The minimum atomic E-state index is 0.109. The lowest BCUT2D eigenvalue weighted by Crippen LogP contribution is -2.19. The van der Waals surface area contributed by atoms with E-state index in [1.807, 2.05) is 6.08 Å². The fourth-order valence-corrected chi connectivity index (χ4v) is 3.66. The first kappa shape index (κ1) is 16.4. The molecule has 0 aliphatic heterocycles. The highest BCUT2D eigenvalue weighted by Crippen LogP contribution is 2.39. The third-order valence-corrected chi connectivity index (χ3v) is 4.72. The predicted octanol–water partition coefficient (Wildman–Crippen LogP) is 4.90. The van der Waals surface area contributed by atoms with E-state index in [1.165, 1.54) is 36.8 Å². The van der Waals surface area contributed by atoms with E-state index < -0.39 is 0 Å². The topological polar surface area (TPSA) is 26.0 Å². The molecule has 1 heteroatoms. The Balaban J connectivity index is 2.17. The van der Waals surface area contributed by atoms with E-state index in [4.69, 9.17) is 12.2 Å². The summed E-state index contributed by atoms with van der Waals surface area (Å²) >= 11 is 0. The molecular formula is C21H27N. The van der Waals surface area contributed by atoms with Gasteiger partial charge >= 0.3 is 0 Å². The fourth-order valence-electron chi connectivity index (χ4n) is 3.66. The lowest BCUT2D eigenvalue weighted by atomic mass is 9.74. The first-order valence-corrected chi connectivity index (χ1v) is 8.26. The molecule has 2 N–H and O–H groups in total. The quantitative estimate of drug-likeness (QED) is 0.733. The largest absolute Gasteiger partial charge is 0.403 e. The van der Waals surface area contributed by atoms with Crippen molar-refractivity contribution in [3.05, 3.63) is 59.9 Å². The Morgan fingerprint density at radius 2 is 2.09 bits per heavy atom. The molecular weight excluding hydrogens is 266 g/mol. The van der Waals surface area contributed by atoms with Gasteiger partial charge in [0.2, 0.25) is 0 Å². The summed E-state index contributed by atoms with van der Waals surface area (Å²) in [6, 6.07) is 0. The van der Waals surface area contributed by atoms with E-state index in [9.17, 15) is 0 Å². The third kappa shape index (κ3) is 4.04. The van der Waals surface area contributed by atoms with Gasteiger partial charge in [0, 0.05) is 5.70 Å². The zero-order valence-electron chi connectivity index (χ0n) is 13.6. The average Bonchev–Trinajstić information content (AvgIpc) is 2.53. The molecule has 0 bridgehead atoms. The molecule has 0 amide bonds. The molecule has 1 atom stereocenters. The van der Waals surface area contributed by atoms with E-state index in [0.29, 0.717) is 11.8 Å². The van der Waals surface area contributed by atoms with Gasteiger partial charge < -0.3 is 5.73 Å². The van der Waals surface area contributed by atoms with Gasteiger partial charge in [0.1, 0.15) is 0 Å². The lowest BCUT2D eigenvalue weighted by Gasteiger charge is -2.31. The molecule has 1 saturated carbocycles. The highest BCUT2D eigenvalue weighted by atomic mass is 14.6. The van der Waals surface area contributed by atoms with Crippen molar-refractivity contribution in [2.45, 2.75) is 39.0 Å². The molecule has 0 spiro atoms. The molecule has 0 radical (unpaired) electrons. The third-order valence-electron chi connectivity index (χ3n) is 4.72. The van der Waals surface area contributed by atoms with Gasteiger partial charge in [-0.1, -0.05) is 49.0 Å². The smallest absolute Gasteiger partial charge is 0.0635 e. The Hall–Kier alpha value is -1.94. The van der Waals surface area contributed by atoms with Crippen LogP contribution in [0.5, 0.6) is 0 Å². The molecule has 2 rings (SSSR count). The number of hydrogen-bond donors (Lipinski definition) is 1. The summed E-state index contributed by atoms with van der Waals surface area (Å²) in [5.74, 6) is 4.33. The van der Waals surface area contributed by atoms with Crippen LogP contribution < -0.4 is 5.73 Å². The van der Waals surface area contributed by atoms with E-state index in [1.54, 1.807) is 0 Å². The maximum absolute atomic E-state index is 5.76. The average molecular weight is 293 g/mol. The summed E-state index contributed by atoms with van der Waals surface area (Å²) in [4.78, 5) is 0. The standard InChI is InChI=1S/C21H27N/c1-4-8-20(21-10-7-6-9-18(21)5-2)19-13-11-17(12-14-19)15-16(3)22/h2,4,6-10,17-19H,3,11-15,22H2,1H3/b8-4-,21-20+. The fraction of sp³-hybridized carbons (Fsp3) is 0.429. The van der Waals surface area contributed by atoms with Crippen molar-refractivity contribution in [2.24, 2.45) is 23.5 Å². The van der Waals surface area contributed by atoms with Crippen LogP contribution in [-0.2, 0) is 0 Å². The van der Waals surface area contributed by atoms with E-state index in [2.05, 4.69) is 49.8 Å².